The lowest BCUT2D eigenvalue weighted by atomic mass is 10.1. The first kappa shape index (κ1) is 11.8. The number of furan rings is 1. The number of anilines is 1. The van der Waals surface area contributed by atoms with Crippen LogP contribution in [-0.4, -0.2) is 0 Å². The smallest absolute Gasteiger partial charge is 0.126 e. The van der Waals surface area contributed by atoms with Crippen LogP contribution in [-0.2, 0) is 6.42 Å². The summed E-state index contributed by atoms with van der Waals surface area (Å²) in [6.45, 7) is 6.23. The Morgan fingerprint density at radius 2 is 1.82 bits per heavy atom. The summed E-state index contributed by atoms with van der Waals surface area (Å²) in [6.07, 6.45) is 1.08. The molecule has 1 heterocycles. The van der Waals surface area contributed by atoms with Gasteiger partial charge in [0.25, 0.3) is 0 Å². The fourth-order valence-electron chi connectivity index (χ4n) is 1.84. The van der Waals surface area contributed by atoms with Crippen molar-refractivity contribution in [3.8, 4) is 0 Å². The molecule has 2 nitrogen and oxygen atoms in total. The van der Waals surface area contributed by atoms with Crippen molar-refractivity contribution in [2.45, 2.75) is 33.2 Å². The molecular weight excluding hydrogens is 210 g/mol. The topological polar surface area (TPSA) is 25.2 Å². The molecule has 2 aromatic rings. The number of aryl methyl sites for hydroxylation is 2. The van der Waals surface area contributed by atoms with E-state index in [1.54, 1.807) is 0 Å². The zero-order chi connectivity index (χ0) is 12.3. The van der Waals surface area contributed by atoms with Gasteiger partial charge in [-0.05, 0) is 50.1 Å². The Kier molecular flexibility index (Phi) is 3.52. The molecule has 0 radical (unpaired) electrons. The van der Waals surface area contributed by atoms with Crippen LogP contribution in [0.2, 0.25) is 0 Å². The van der Waals surface area contributed by atoms with Gasteiger partial charge < -0.3 is 9.73 Å². The predicted octanol–water partition coefficient (Wildman–Crippen LogP) is 4.32. The van der Waals surface area contributed by atoms with Gasteiger partial charge >= 0.3 is 0 Å². The maximum Gasteiger partial charge on any atom is 0.126 e. The molecule has 17 heavy (non-hydrogen) atoms. The molecule has 1 aromatic carbocycles. The standard InChI is InChI=1S/C15H19NO/c1-4-13-6-8-14(9-7-13)16-12(3)15-10-5-11(2)17-15/h5-10,12,16H,4H2,1-3H3. The van der Waals surface area contributed by atoms with E-state index in [1.807, 2.05) is 19.1 Å². The molecule has 0 saturated carbocycles. The molecule has 0 aliphatic rings. The van der Waals surface area contributed by atoms with Crippen molar-refractivity contribution in [2.24, 2.45) is 0 Å². The van der Waals surface area contributed by atoms with Crippen LogP contribution in [0.25, 0.3) is 0 Å². The molecule has 0 amide bonds. The van der Waals surface area contributed by atoms with Crippen molar-refractivity contribution >= 4 is 5.69 Å². The van der Waals surface area contributed by atoms with Crippen molar-refractivity contribution < 1.29 is 4.42 Å². The van der Waals surface area contributed by atoms with Crippen molar-refractivity contribution in [3.63, 3.8) is 0 Å². The van der Waals surface area contributed by atoms with E-state index in [4.69, 9.17) is 4.42 Å². The Bertz CT molecular complexity index is 470. The highest BCUT2D eigenvalue weighted by molar-refractivity contribution is 5.46. The van der Waals surface area contributed by atoms with Crippen LogP contribution in [0, 0.1) is 6.92 Å². The molecular formula is C15H19NO. The molecule has 1 N–H and O–H groups in total. The normalized spacial score (nSPS) is 12.4. The number of benzene rings is 1. The van der Waals surface area contributed by atoms with Crippen molar-refractivity contribution in [1.82, 2.24) is 0 Å². The number of rotatable bonds is 4. The maximum atomic E-state index is 5.60. The van der Waals surface area contributed by atoms with E-state index in [1.165, 1.54) is 5.56 Å². The minimum absolute atomic E-state index is 0.191. The minimum Gasteiger partial charge on any atom is -0.464 e. The molecule has 2 rings (SSSR count). The van der Waals surface area contributed by atoms with Gasteiger partial charge in [0.05, 0.1) is 6.04 Å². The van der Waals surface area contributed by atoms with Gasteiger partial charge in [-0.15, -0.1) is 0 Å². The molecule has 0 fully saturated rings. The molecule has 0 bridgehead atoms. The van der Waals surface area contributed by atoms with Crippen LogP contribution >= 0.6 is 0 Å². The maximum absolute atomic E-state index is 5.60. The molecule has 2 heteroatoms. The first-order chi connectivity index (χ1) is 8.19. The molecule has 0 aliphatic carbocycles. The Morgan fingerprint density at radius 3 is 2.35 bits per heavy atom. The summed E-state index contributed by atoms with van der Waals surface area (Å²) in [5, 5.41) is 3.43. The SMILES string of the molecule is CCc1ccc(NC(C)c2ccc(C)o2)cc1. The van der Waals surface area contributed by atoms with E-state index in [0.717, 1.165) is 23.6 Å². The minimum atomic E-state index is 0.191. The van der Waals surface area contributed by atoms with E-state index in [0.29, 0.717) is 0 Å². The largest absolute Gasteiger partial charge is 0.464 e. The molecule has 0 spiro atoms. The lowest BCUT2D eigenvalue weighted by Crippen LogP contribution is -2.05. The van der Waals surface area contributed by atoms with Gasteiger partial charge in [0.1, 0.15) is 11.5 Å². The molecule has 90 valence electrons. The predicted molar refractivity (Wildman–Crippen MR) is 71.3 cm³/mol. The van der Waals surface area contributed by atoms with Crippen molar-refractivity contribution in [3.05, 3.63) is 53.5 Å². The van der Waals surface area contributed by atoms with Crippen LogP contribution in [0.3, 0.4) is 0 Å². The Hall–Kier alpha value is -1.70. The van der Waals surface area contributed by atoms with E-state index in [-0.39, 0.29) is 6.04 Å². The second-order valence-electron chi connectivity index (χ2n) is 4.36. The van der Waals surface area contributed by atoms with Gasteiger partial charge in [-0.25, -0.2) is 0 Å². The highest BCUT2D eigenvalue weighted by Crippen LogP contribution is 2.21. The summed E-state index contributed by atoms with van der Waals surface area (Å²) < 4.78 is 5.60. The Morgan fingerprint density at radius 1 is 1.12 bits per heavy atom. The van der Waals surface area contributed by atoms with Crippen LogP contribution in [0.1, 0.15) is 37.0 Å². The Balaban J connectivity index is 2.04. The van der Waals surface area contributed by atoms with E-state index < -0.39 is 0 Å². The molecule has 1 unspecified atom stereocenters. The third-order valence-corrected chi connectivity index (χ3v) is 2.93. The Labute approximate surface area is 103 Å². The second kappa shape index (κ2) is 5.09. The fourth-order valence-corrected chi connectivity index (χ4v) is 1.84. The average Bonchev–Trinajstić information content (AvgIpc) is 2.77. The highest BCUT2D eigenvalue weighted by atomic mass is 16.3. The third kappa shape index (κ3) is 2.90. The van der Waals surface area contributed by atoms with Gasteiger partial charge in [-0.2, -0.15) is 0 Å². The van der Waals surface area contributed by atoms with Crippen molar-refractivity contribution in [2.75, 3.05) is 5.32 Å². The summed E-state index contributed by atoms with van der Waals surface area (Å²) in [5.74, 6) is 1.93. The molecule has 1 aromatic heterocycles. The van der Waals surface area contributed by atoms with Crippen LogP contribution < -0.4 is 5.32 Å². The van der Waals surface area contributed by atoms with Crippen LogP contribution in [0.15, 0.2) is 40.8 Å². The monoisotopic (exact) mass is 229 g/mol. The zero-order valence-corrected chi connectivity index (χ0v) is 10.7. The van der Waals surface area contributed by atoms with Gasteiger partial charge in [0.2, 0.25) is 0 Å². The first-order valence-corrected chi connectivity index (χ1v) is 6.11. The summed E-state index contributed by atoms with van der Waals surface area (Å²) in [6, 6.07) is 12.7. The second-order valence-corrected chi connectivity index (χ2v) is 4.36. The van der Waals surface area contributed by atoms with E-state index >= 15 is 0 Å². The van der Waals surface area contributed by atoms with E-state index in [9.17, 15) is 0 Å². The van der Waals surface area contributed by atoms with Gasteiger partial charge in [-0.3, -0.25) is 0 Å². The fraction of sp³-hybridized carbons (Fsp3) is 0.333. The van der Waals surface area contributed by atoms with Crippen LogP contribution in [0.5, 0.6) is 0 Å². The summed E-state index contributed by atoms with van der Waals surface area (Å²) in [7, 11) is 0. The van der Waals surface area contributed by atoms with Gasteiger partial charge in [0.15, 0.2) is 0 Å². The quantitative estimate of drug-likeness (QED) is 0.844. The summed E-state index contributed by atoms with van der Waals surface area (Å²) in [4.78, 5) is 0. The van der Waals surface area contributed by atoms with E-state index in [2.05, 4.69) is 43.4 Å². The summed E-state index contributed by atoms with van der Waals surface area (Å²) in [5.41, 5.74) is 2.49. The number of nitrogens with one attached hydrogen (secondary N) is 1. The van der Waals surface area contributed by atoms with Crippen LogP contribution in [0.4, 0.5) is 5.69 Å². The van der Waals surface area contributed by atoms with Crippen molar-refractivity contribution in [1.29, 1.82) is 0 Å². The number of hydrogen-bond donors (Lipinski definition) is 1. The molecule has 0 aliphatic heterocycles. The highest BCUT2D eigenvalue weighted by Gasteiger charge is 2.08. The first-order valence-electron chi connectivity index (χ1n) is 6.11. The third-order valence-electron chi connectivity index (χ3n) is 2.93. The zero-order valence-electron chi connectivity index (χ0n) is 10.7. The van der Waals surface area contributed by atoms with Gasteiger partial charge in [-0.1, -0.05) is 19.1 Å². The average molecular weight is 229 g/mol. The lowest BCUT2D eigenvalue weighted by molar-refractivity contribution is 0.467. The number of hydrogen-bond acceptors (Lipinski definition) is 2. The van der Waals surface area contributed by atoms with Gasteiger partial charge in [0, 0.05) is 5.69 Å². The summed E-state index contributed by atoms with van der Waals surface area (Å²) >= 11 is 0. The lowest BCUT2D eigenvalue weighted by Gasteiger charge is -2.13. The molecule has 0 saturated heterocycles. The molecule has 1 atom stereocenters.